The van der Waals surface area contributed by atoms with Crippen LogP contribution in [-0.2, 0) is 9.59 Å². The molecule has 0 atom stereocenters. The Labute approximate surface area is 182 Å². The lowest BCUT2D eigenvalue weighted by atomic mass is 9.90. The number of piperidine rings is 1. The van der Waals surface area contributed by atoms with Crippen molar-refractivity contribution in [1.82, 2.24) is 14.7 Å². The van der Waals surface area contributed by atoms with Gasteiger partial charge < -0.3 is 4.90 Å². The molecule has 0 unspecified atom stereocenters. The molecule has 5 heteroatoms. The highest BCUT2D eigenvalue weighted by atomic mass is 16.1. The average molecular weight is 414 g/mol. The zero-order valence-corrected chi connectivity index (χ0v) is 18.9. The molecule has 174 valence electrons. The number of nitrogens with zero attached hydrogens (tertiary/aromatic N) is 3. The van der Waals surface area contributed by atoms with E-state index in [1.807, 2.05) is 41.5 Å². The first-order valence-electron chi connectivity index (χ1n) is 10.6. The van der Waals surface area contributed by atoms with Crippen LogP contribution in [0.3, 0.4) is 0 Å². The monoisotopic (exact) mass is 413 g/mol. The van der Waals surface area contributed by atoms with Crippen molar-refractivity contribution in [2.24, 2.45) is 10.8 Å². The number of carbonyl (C=O) groups excluding carboxylic acids is 2. The van der Waals surface area contributed by atoms with Crippen molar-refractivity contribution < 1.29 is 9.59 Å². The summed E-state index contributed by atoms with van der Waals surface area (Å²) in [6.45, 7) is 19.7. The van der Waals surface area contributed by atoms with Gasteiger partial charge >= 0.3 is 0 Å². The highest BCUT2D eigenvalue weighted by Gasteiger charge is 2.25. The Balaban J connectivity index is 0. The maximum absolute atomic E-state index is 11.8. The predicted octanol–water partition coefficient (Wildman–Crippen LogP) is 4.21. The van der Waals surface area contributed by atoms with Crippen LogP contribution >= 0.6 is 0 Å². The molecule has 0 aromatic carbocycles. The van der Waals surface area contributed by atoms with E-state index in [9.17, 15) is 9.59 Å². The fourth-order valence-corrected chi connectivity index (χ4v) is 3.00. The number of rotatable bonds is 4. The molecule has 5 nitrogen and oxygen atoms in total. The Morgan fingerprint density at radius 2 is 0.966 bits per heavy atom. The van der Waals surface area contributed by atoms with Gasteiger partial charge in [-0.25, -0.2) is 0 Å². The molecule has 0 saturated carbocycles. The van der Waals surface area contributed by atoms with Gasteiger partial charge in [0.25, 0.3) is 0 Å². The number of piperazine rings is 1. The van der Waals surface area contributed by atoms with Crippen LogP contribution in [0.1, 0.15) is 75.7 Å². The van der Waals surface area contributed by atoms with Crippen molar-refractivity contribution in [3.05, 3.63) is 0 Å². The third-order valence-corrected chi connectivity index (χ3v) is 5.45. The molecular weight excluding hydrogens is 362 g/mol. The van der Waals surface area contributed by atoms with E-state index >= 15 is 0 Å². The van der Waals surface area contributed by atoms with Gasteiger partial charge in [-0.05, 0) is 33.0 Å². The maximum atomic E-state index is 11.8. The first kappa shape index (κ1) is 30.4. The summed E-state index contributed by atoms with van der Waals surface area (Å²) in [6.07, 6.45) is 3.86. The number of Topliss-reactive ketones (excluding diaryl/α,β-unsaturated/α-hetero) is 2. The standard InChI is InChI=1S/C11H22N2O.C11H21NO.2CH4/c1-11(2,3)10(14)9-13-7-5-12(4)6-8-13;1-11(2,3)10(13)9-12-7-5-4-6-8-12;;/h5-9H2,1-4H3;4-9H2,1-3H3;2*1H4. The van der Waals surface area contributed by atoms with Gasteiger partial charge in [0.2, 0.25) is 0 Å². The minimum atomic E-state index is -0.191. The molecule has 29 heavy (non-hydrogen) atoms. The SMILES string of the molecule is C.C.CC(C)(C)C(=O)CN1CCCCC1.CN1CCN(CC(=O)C(C)(C)C)CC1. The molecule has 0 radical (unpaired) electrons. The number of hydrogen-bond donors (Lipinski definition) is 0. The van der Waals surface area contributed by atoms with Crippen LogP contribution in [0.15, 0.2) is 0 Å². The molecular formula is C24H51N3O2. The summed E-state index contributed by atoms with van der Waals surface area (Å²) >= 11 is 0. The van der Waals surface area contributed by atoms with Gasteiger partial charge in [-0.3, -0.25) is 19.4 Å². The van der Waals surface area contributed by atoms with E-state index in [1.54, 1.807) is 0 Å². The van der Waals surface area contributed by atoms with Crippen LogP contribution in [0, 0.1) is 10.8 Å². The summed E-state index contributed by atoms with van der Waals surface area (Å²) in [5.41, 5.74) is -0.360. The van der Waals surface area contributed by atoms with Gasteiger partial charge in [-0.1, -0.05) is 62.8 Å². The van der Waals surface area contributed by atoms with Gasteiger partial charge in [0.05, 0.1) is 13.1 Å². The lowest BCUT2D eigenvalue weighted by Crippen LogP contribution is -2.47. The molecule has 0 amide bonds. The third-order valence-electron chi connectivity index (χ3n) is 5.45. The second kappa shape index (κ2) is 13.5. The summed E-state index contributed by atoms with van der Waals surface area (Å²) in [6, 6.07) is 0. The topological polar surface area (TPSA) is 43.9 Å². The molecule has 0 N–H and O–H groups in total. The van der Waals surface area contributed by atoms with Crippen LogP contribution in [0.25, 0.3) is 0 Å². The highest BCUT2D eigenvalue weighted by Crippen LogP contribution is 2.17. The number of carbonyl (C=O) groups is 2. The van der Waals surface area contributed by atoms with Crippen molar-refractivity contribution in [3.63, 3.8) is 0 Å². The molecule has 0 bridgehead atoms. The zero-order valence-electron chi connectivity index (χ0n) is 18.9. The molecule has 2 aliphatic rings. The molecule has 2 aliphatic heterocycles. The van der Waals surface area contributed by atoms with Gasteiger partial charge in [0.15, 0.2) is 11.6 Å². The van der Waals surface area contributed by atoms with E-state index in [0.717, 1.165) is 39.3 Å². The maximum Gasteiger partial charge on any atom is 0.152 e. The Hall–Kier alpha value is -0.780. The summed E-state index contributed by atoms with van der Waals surface area (Å²) in [4.78, 5) is 30.3. The van der Waals surface area contributed by atoms with Crippen LogP contribution in [0.4, 0.5) is 0 Å². The smallest absolute Gasteiger partial charge is 0.152 e. The fraction of sp³-hybridized carbons (Fsp3) is 0.917. The summed E-state index contributed by atoms with van der Waals surface area (Å²) in [7, 11) is 2.13. The van der Waals surface area contributed by atoms with Crippen molar-refractivity contribution in [1.29, 1.82) is 0 Å². The van der Waals surface area contributed by atoms with Crippen molar-refractivity contribution in [3.8, 4) is 0 Å². The van der Waals surface area contributed by atoms with Crippen molar-refractivity contribution >= 4 is 11.6 Å². The van der Waals surface area contributed by atoms with Crippen LogP contribution in [0.5, 0.6) is 0 Å². The Morgan fingerprint density at radius 1 is 0.621 bits per heavy atom. The van der Waals surface area contributed by atoms with E-state index in [1.165, 1.54) is 19.3 Å². The first-order valence-corrected chi connectivity index (χ1v) is 10.6. The van der Waals surface area contributed by atoms with Crippen LogP contribution < -0.4 is 0 Å². The first-order chi connectivity index (χ1) is 12.4. The van der Waals surface area contributed by atoms with Gasteiger partial charge in [0.1, 0.15) is 0 Å². The number of likely N-dealkylation sites (tertiary alicyclic amines) is 1. The van der Waals surface area contributed by atoms with E-state index in [2.05, 4.69) is 21.7 Å². The summed E-state index contributed by atoms with van der Waals surface area (Å²) in [5, 5.41) is 0. The normalized spacial score (nSPS) is 19.3. The van der Waals surface area contributed by atoms with E-state index < -0.39 is 0 Å². The molecule has 0 aromatic rings. The molecule has 2 heterocycles. The Bertz CT molecular complexity index is 463. The quantitative estimate of drug-likeness (QED) is 0.691. The number of hydrogen-bond acceptors (Lipinski definition) is 5. The second-order valence-electron chi connectivity index (χ2n) is 10.3. The summed E-state index contributed by atoms with van der Waals surface area (Å²) in [5.74, 6) is 0.719. The Kier molecular flexibility index (Phi) is 14.2. The van der Waals surface area contributed by atoms with E-state index in [0.29, 0.717) is 24.7 Å². The van der Waals surface area contributed by atoms with E-state index in [-0.39, 0.29) is 25.7 Å². The minimum absolute atomic E-state index is 0. The largest absolute Gasteiger partial charge is 0.304 e. The lowest BCUT2D eigenvalue weighted by Gasteiger charge is -2.33. The summed E-state index contributed by atoms with van der Waals surface area (Å²) < 4.78 is 0. The lowest BCUT2D eigenvalue weighted by molar-refractivity contribution is -0.128. The van der Waals surface area contributed by atoms with Crippen molar-refractivity contribution in [2.75, 3.05) is 59.4 Å². The van der Waals surface area contributed by atoms with E-state index in [4.69, 9.17) is 0 Å². The van der Waals surface area contributed by atoms with Crippen molar-refractivity contribution in [2.45, 2.75) is 75.7 Å². The highest BCUT2D eigenvalue weighted by molar-refractivity contribution is 5.85. The van der Waals surface area contributed by atoms with Gasteiger partial charge in [0, 0.05) is 37.0 Å². The van der Waals surface area contributed by atoms with Gasteiger partial charge in [-0.2, -0.15) is 0 Å². The number of likely N-dealkylation sites (N-methyl/N-ethyl adjacent to an activating group) is 1. The number of ketones is 2. The molecule has 0 aromatic heterocycles. The predicted molar refractivity (Wildman–Crippen MR) is 127 cm³/mol. The average Bonchev–Trinajstić information content (AvgIpc) is 2.57. The molecule has 0 spiro atoms. The fourth-order valence-electron chi connectivity index (χ4n) is 3.00. The molecule has 2 fully saturated rings. The second-order valence-corrected chi connectivity index (χ2v) is 10.3. The van der Waals surface area contributed by atoms with Crippen LogP contribution in [-0.4, -0.2) is 85.7 Å². The zero-order chi connectivity index (χ0) is 20.7. The molecule has 2 saturated heterocycles. The molecule has 0 aliphatic carbocycles. The van der Waals surface area contributed by atoms with Gasteiger partial charge in [-0.15, -0.1) is 0 Å². The van der Waals surface area contributed by atoms with Crippen LogP contribution in [0.2, 0.25) is 0 Å². The third kappa shape index (κ3) is 12.5. The Morgan fingerprint density at radius 3 is 1.31 bits per heavy atom. The molecule has 2 rings (SSSR count). The minimum Gasteiger partial charge on any atom is -0.304 e.